The molecule has 3 N–H and O–H groups in total. The lowest BCUT2D eigenvalue weighted by molar-refractivity contribution is -0.191. The van der Waals surface area contributed by atoms with Crippen molar-refractivity contribution < 1.29 is 24.9 Å². The predicted octanol–water partition coefficient (Wildman–Crippen LogP) is -1.01. The van der Waals surface area contributed by atoms with Crippen molar-refractivity contribution in [3.8, 4) is 0 Å². The normalized spacial score (nSPS) is 11.8. The number of hydrogen-bond acceptors (Lipinski definition) is 5. The Bertz CT molecular complexity index is 193. The van der Waals surface area contributed by atoms with Gasteiger partial charge in [0, 0.05) is 12.8 Å². The van der Waals surface area contributed by atoms with Crippen molar-refractivity contribution in [1.29, 1.82) is 0 Å². The van der Waals surface area contributed by atoms with E-state index in [9.17, 15) is 14.7 Å². The summed E-state index contributed by atoms with van der Waals surface area (Å²) in [5.74, 6) is -0.811. The Balaban J connectivity index is 4.52. The van der Waals surface area contributed by atoms with E-state index in [2.05, 4.69) is 0 Å². The van der Waals surface area contributed by atoms with E-state index < -0.39 is 36.3 Å². The molecule has 0 bridgehead atoms. The number of Topliss-reactive ketones (excluding diaryl/α,β-unsaturated/α-hetero) is 2. The third-order valence-corrected chi connectivity index (χ3v) is 1.59. The summed E-state index contributed by atoms with van der Waals surface area (Å²) in [6, 6.07) is 0. The molecule has 76 valence electrons. The number of rotatable bonds is 5. The second kappa shape index (κ2) is 4.45. The van der Waals surface area contributed by atoms with Crippen LogP contribution in [0.15, 0.2) is 0 Å². The van der Waals surface area contributed by atoms with Crippen LogP contribution in [0.3, 0.4) is 0 Å². The summed E-state index contributed by atoms with van der Waals surface area (Å²) in [5, 5.41) is 27.0. The van der Waals surface area contributed by atoms with Crippen LogP contribution < -0.4 is 0 Å². The highest BCUT2D eigenvalue weighted by Gasteiger charge is 2.37. The van der Waals surface area contributed by atoms with Crippen LogP contribution in [0, 0.1) is 0 Å². The zero-order chi connectivity index (χ0) is 10.6. The lowest BCUT2D eigenvalue weighted by Gasteiger charge is -2.27. The van der Waals surface area contributed by atoms with Crippen molar-refractivity contribution in [2.24, 2.45) is 0 Å². The molecule has 0 saturated carbocycles. The van der Waals surface area contributed by atoms with E-state index in [1.54, 1.807) is 0 Å². The van der Waals surface area contributed by atoms with Crippen LogP contribution in [-0.2, 0) is 9.59 Å². The maximum absolute atomic E-state index is 10.7. The molecule has 0 atom stereocenters. The molecule has 0 radical (unpaired) electrons. The molecule has 0 heterocycles. The molecule has 0 aromatic carbocycles. The summed E-state index contributed by atoms with van der Waals surface area (Å²) in [4.78, 5) is 21.3. The molecule has 0 amide bonds. The average molecular weight is 190 g/mol. The Morgan fingerprint density at radius 1 is 1.15 bits per heavy atom. The standard InChI is InChI=1S/C8H14O5/c1-5(9)3-8(13,7(11)12)4-6(2)10/h7,11-13H,3-4H2,1-2H3. The first-order chi connectivity index (χ1) is 5.78. The summed E-state index contributed by atoms with van der Waals surface area (Å²) in [6.07, 6.45) is -2.96. The van der Waals surface area contributed by atoms with Crippen molar-refractivity contribution in [2.45, 2.75) is 38.6 Å². The van der Waals surface area contributed by atoms with E-state index in [0.717, 1.165) is 0 Å². The van der Waals surface area contributed by atoms with Gasteiger partial charge in [-0.1, -0.05) is 0 Å². The van der Waals surface area contributed by atoms with E-state index >= 15 is 0 Å². The highest BCUT2D eigenvalue weighted by molar-refractivity contribution is 5.80. The summed E-state index contributed by atoms with van der Waals surface area (Å²) < 4.78 is 0. The monoisotopic (exact) mass is 190 g/mol. The lowest BCUT2D eigenvalue weighted by Crippen LogP contribution is -2.45. The molecule has 5 heteroatoms. The van der Waals surface area contributed by atoms with Crippen molar-refractivity contribution in [1.82, 2.24) is 0 Å². The summed E-state index contributed by atoms with van der Waals surface area (Å²) in [7, 11) is 0. The SMILES string of the molecule is CC(=O)CC(O)(CC(C)=O)C(O)O. The summed E-state index contributed by atoms with van der Waals surface area (Å²) in [6.45, 7) is 2.40. The molecule has 0 aliphatic carbocycles. The molecule has 5 nitrogen and oxygen atoms in total. The van der Waals surface area contributed by atoms with Gasteiger partial charge in [0.25, 0.3) is 0 Å². The Kier molecular flexibility index (Phi) is 4.19. The molecule has 0 rings (SSSR count). The fraction of sp³-hybridized carbons (Fsp3) is 0.750. The summed E-state index contributed by atoms with van der Waals surface area (Å²) >= 11 is 0. The average Bonchev–Trinajstić information content (AvgIpc) is 1.82. The topological polar surface area (TPSA) is 94.8 Å². The van der Waals surface area contributed by atoms with Crippen molar-refractivity contribution in [3.63, 3.8) is 0 Å². The smallest absolute Gasteiger partial charge is 0.181 e. The van der Waals surface area contributed by atoms with Gasteiger partial charge in [0.1, 0.15) is 17.2 Å². The molecule has 0 fully saturated rings. The highest BCUT2D eigenvalue weighted by Crippen LogP contribution is 2.19. The minimum atomic E-state index is -2.08. The minimum absolute atomic E-state index is 0.406. The van der Waals surface area contributed by atoms with Gasteiger partial charge in [0.05, 0.1) is 0 Å². The molecular weight excluding hydrogens is 176 g/mol. The zero-order valence-electron chi connectivity index (χ0n) is 7.65. The van der Waals surface area contributed by atoms with Gasteiger partial charge >= 0.3 is 0 Å². The van der Waals surface area contributed by atoms with E-state index in [0.29, 0.717) is 0 Å². The van der Waals surface area contributed by atoms with E-state index in [1.165, 1.54) is 13.8 Å². The van der Waals surface area contributed by atoms with Gasteiger partial charge in [0.15, 0.2) is 6.29 Å². The number of aliphatic hydroxyl groups is 3. The largest absolute Gasteiger partial charge is 0.384 e. The quantitative estimate of drug-likeness (QED) is 0.483. The molecular formula is C8H14O5. The number of aliphatic hydroxyl groups excluding tert-OH is 1. The number of hydrogen-bond donors (Lipinski definition) is 3. The van der Waals surface area contributed by atoms with E-state index in [-0.39, 0.29) is 0 Å². The molecule has 0 saturated heterocycles. The van der Waals surface area contributed by atoms with Gasteiger partial charge in [0.2, 0.25) is 0 Å². The number of carbonyl (C=O) groups is 2. The fourth-order valence-corrected chi connectivity index (χ4v) is 1.11. The second-order valence-corrected chi connectivity index (χ2v) is 3.23. The maximum Gasteiger partial charge on any atom is 0.181 e. The Morgan fingerprint density at radius 3 is 1.62 bits per heavy atom. The predicted molar refractivity (Wildman–Crippen MR) is 43.8 cm³/mol. The first-order valence-corrected chi connectivity index (χ1v) is 3.85. The molecule has 0 aromatic heterocycles. The third kappa shape index (κ3) is 4.12. The van der Waals surface area contributed by atoms with Gasteiger partial charge in [-0.15, -0.1) is 0 Å². The van der Waals surface area contributed by atoms with E-state index in [1.807, 2.05) is 0 Å². The van der Waals surface area contributed by atoms with Crippen LogP contribution in [0.2, 0.25) is 0 Å². The minimum Gasteiger partial charge on any atom is -0.384 e. The molecule has 0 aliphatic rings. The van der Waals surface area contributed by atoms with Gasteiger partial charge in [-0.3, -0.25) is 9.59 Å². The van der Waals surface area contributed by atoms with Crippen molar-refractivity contribution in [3.05, 3.63) is 0 Å². The second-order valence-electron chi connectivity index (χ2n) is 3.23. The van der Waals surface area contributed by atoms with Gasteiger partial charge < -0.3 is 15.3 Å². The van der Waals surface area contributed by atoms with Crippen LogP contribution in [0.4, 0.5) is 0 Å². The number of carbonyl (C=O) groups excluding carboxylic acids is 2. The Labute approximate surface area is 76.0 Å². The third-order valence-electron chi connectivity index (χ3n) is 1.59. The van der Waals surface area contributed by atoms with E-state index in [4.69, 9.17) is 10.2 Å². The van der Waals surface area contributed by atoms with Crippen LogP contribution in [0.25, 0.3) is 0 Å². The molecule has 0 aliphatic heterocycles. The lowest BCUT2D eigenvalue weighted by atomic mass is 9.91. The van der Waals surface area contributed by atoms with Gasteiger partial charge in [-0.05, 0) is 13.8 Å². The van der Waals surface area contributed by atoms with Crippen molar-refractivity contribution in [2.75, 3.05) is 0 Å². The van der Waals surface area contributed by atoms with Crippen LogP contribution >= 0.6 is 0 Å². The Morgan fingerprint density at radius 2 is 1.46 bits per heavy atom. The first kappa shape index (κ1) is 12.2. The van der Waals surface area contributed by atoms with Crippen molar-refractivity contribution >= 4 is 11.6 Å². The highest BCUT2D eigenvalue weighted by atomic mass is 16.5. The molecule has 0 spiro atoms. The summed E-state index contributed by atoms with van der Waals surface area (Å²) in [5.41, 5.74) is -2.04. The van der Waals surface area contributed by atoms with Crippen LogP contribution in [0.1, 0.15) is 26.7 Å². The molecule has 13 heavy (non-hydrogen) atoms. The molecule has 0 unspecified atom stereocenters. The zero-order valence-corrected chi connectivity index (χ0v) is 7.65. The maximum atomic E-state index is 10.7. The fourth-order valence-electron chi connectivity index (χ4n) is 1.11. The first-order valence-electron chi connectivity index (χ1n) is 3.85. The Hall–Kier alpha value is -0.780. The number of ketones is 2. The van der Waals surface area contributed by atoms with Crippen LogP contribution in [0.5, 0.6) is 0 Å². The van der Waals surface area contributed by atoms with Gasteiger partial charge in [-0.25, -0.2) is 0 Å². The van der Waals surface area contributed by atoms with Crippen LogP contribution in [-0.4, -0.2) is 38.8 Å². The van der Waals surface area contributed by atoms with Gasteiger partial charge in [-0.2, -0.15) is 0 Å². The molecule has 0 aromatic rings.